The average molecular weight is 171 g/mol. The van der Waals surface area contributed by atoms with Gasteiger partial charge in [-0.25, -0.2) is 0 Å². The molecule has 0 bridgehead atoms. The molecule has 1 saturated carbocycles. The first-order valence-corrected chi connectivity index (χ1v) is 4.63. The van der Waals surface area contributed by atoms with E-state index in [1.807, 2.05) is 6.92 Å². The largest absolute Gasteiger partial charge is 0.480 e. The molecule has 0 saturated heterocycles. The highest BCUT2D eigenvalue weighted by Crippen LogP contribution is 2.34. The zero-order valence-corrected chi connectivity index (χ0v) is 7.55. The maximum absolute atomic E-state index is 10.9. The lowest BCUT2D eigenvalue weighted by Gasteiger charge is -2.37. The minimum Gasteiger partial charge on any atom is -0.480 e. The number of hydrogen-bond acceptors (Lipinski definition) is 2. The third-order valence-electron chi connectivity index (χ3n) is 3.01. The molecular formula is C9H17NO2. The zero-order chi connectivity index (χ0) is 9.19. The maximum atomic E-state index is 10.9. The number of carboxylic acid groups (broad SMARTS) is 1. The van der Waals surface area contributed by atoms with E-state index in [-0.39, 0.29) is 5.92 Å². The highest BCUT2D eigenvalue weighted by Gasteiger charge is 2.42. The van der Waals surface area contributed by atoms with Gasteiger partial charge in [-0.1, -0.05) is 26.2 Å². The van der Waals surface area contributed by atoms with E-state index in [9.17, 15) is 4.79 Å². The summed E-state index contributed by atoms with van der Waals surface area (Å²) in [7, 11) is 0. The van der Waals surface area contributed by atoms with Crippen LogP contribution in [0.2, 0.25) is 0 Å². The molecule has 12 heavy (non-hydrogen) atoms. The van der Waals surface area contributed by atoms with Crippen LogP contribution in [0.5, 0.6) is 0 Å². The van der Waals surface area contributed by atoms with E-state index in [1.165, 1.54) is 0 Å². The van der Waals surface area contributed by atoms with Gasteiger partial charge in [-0.3, -0.25) is 4.79 Å². The van der Waals surface area contributed by atoms with Crippen molar-refractivity contribution >= 4 is 5.97 Å². The van der Waals surface area contributed by atoms with Crippen LogP contribution >= 0.6 is 0 Å². The van der Waals surface area contributed by atoms with Gasteiger partial charge >= 0.3 is 5.97 Å². The number of carboxylic acids is 1. The van der Waals surface area contributed by atoms with Gasteiger partial charge in [0.25, 0.3) is 0 Å². The molecule has 2 atom stereocenters. The van der Waals surface area contributed by atoms with E-state index in [0.29, 0.717) is 6.42 Å². The molecule has 0 radical (unpaired) electrons. The van der Waals surface area contributed by atoms with E-state index < -0.39 is 11.5 Å². The van der Waals surface area contributed by atoms with E-state index in [4.69, 9.17) is 10.8 Å². The fourth-order valence-corrected chi connectivity index (χ4v) is 2.12. The molecule has 70 valence electrons. The van der Waals surface area contributed by atoms with Crippen LogP contribution in [0.1, 0.15) is 39.0 Å². The summed E-state index contributed by atoms with van der Waals surface area (Å²) in [5, 5.41) is 8.97. The quantitative estimate of drug-likeness (QED) is 0.659. The van der Waals surface area contributed by atoms with Gasteiger partial charge in [0, 0.05) is 0 Å². The van der Waals surface area contributed by atoms with Crippen molar-refractivity contribution < 1.29 is 9.90 Å². The average Bonchev–Trinajstić information content (AvgIpc) is 2.05. The van der Waals surface area contributed by atoms with Gasteiger partial charge in [0.05, 0.1) is 0 Å². The van der Waals surface area contributed by atoms with Crippen molar-refractivity contribution in [1.82, 2.24) is 0 Å². The van der Waals surface area contributed by atoms with Crippen molar-refractivity contribution in [3.8, 4) is 0 Å². The first-order chi connectivity index (χ1) is 5.61. The van der Waals surface area contributed by atoms with E-state index in [2.05, 4.69) is 0 Å². The SMILES string of the molecule is CC[C@H]1CCCC[C@]1(N)C(=O)O. The third-order valence-corrected chi connectivity index (χ3v) is 3.01. The van der Waals surface area contributed by atoms with Gasteiger partial charge in [-0.2, -0.15) is 0 Å². The zero-order valence-electron chi connectivity index (χ0n) is 7.55. The molecule has 3 heteroatoms. The highest BCUT2D eigenvalue weighted by molar-refractivity contribution is 5.79. The summed E-state index contributed by atoms with van der Waals surface area (Å²) in [5.41, 5.74) is 4.92. The van der Waals surface area contributed by atoms with E-state index >= 15 is 0 Å². The van der Waals surface area contributed by atoms with Gasteiger partial charge < -0.3 is 10.8 Å². The van der Waals surface area contributed by atoms with Crippen molar-refractivity contribution in [2.75, 3.05) is 0 Å². The van der Waals surface area contributed by atoms with Crippen molar-refractivity contribution in [3.63, 3.8) is 0 Å². The lowest BCUT2D eigenvalue weighted by molar-refractivity contribution is -0.147. The lowest BCUT2D eigenvalue weighted by Crippen LogP contribution is -2.55. The molecule has 0 unspecified atom stereocenters. The van der Waals surface area contributed by atoms with Crippen molar-refractivity contribution in [2.45, 2.75) is 44.6 Å². The molecule has 0 aromatic carbocycles. The Labute approximate surface area is 72.9 Å². The standard InChI is InChI=1S/C9H17NO2/c1-2-7-5-3-4-6-9(7,10)8(11)12/h7H,2-6,10H2,1H3,(H,11,12)/t7-,9+/m0/s1. The molecule has 0 aliphatic heterocycles. The minimum atomic E-state index is -0.938. The highest BCUT2D eigenvalue weighted by atomic mass is 16.4. The van der Waals surface area contributed by atoms with Crippen LogP contribution in [0.4, 0.5) is 0 Å². The number of nitrogens with two attached hydrogens (primary N) is 1. The first kappa shape index (κ1) is 9.52. The topological polar surface area (TPSA) is 63.3 Å². The van der Waals surface area contributed by atoms with Crippen LogP contribution in [0.15, 0.2) is 0 Å². The van der Waals surface area contributed by atoms with Crippen molar-refractivity contribution in [1.29, 1.82) is 0 Å². The van der Waals surface area contributed by atoms with Gasteiger partial charge in [-0.05, 0) is 18.8 Å². The Morgan fingerprint density at radius 3 is 2.75 bits per heavy atom. The van der Waals surface area contributed by atoms with Crippen LogP contribution in [0, 0.1) is 5.92 Å². The summed E-state index contributed by atoms with van der Waals surface area (Å²) >= 11 is 0. The minimum absolute atomic E-state index is 0.170. The molecule has 1 rings (SSSR count). The maximum Gasteiger partial charge on any atom is 0.323 e. The van der Waals surface area contributed by atoms with Crippen LogP contribution in [-0.4, -0.2) is 16.6 Å². The first-order valence-electron chi connectivity index (χ1n) is 4.63. The lowest BCUT2D eigenvalue weighted by atomic mass is 9.72. The van der Waals surface area contributed by atoms with Crippen LogP contribution in [-0.2, 0) is 4.79 Å². The molecule has 0 heterocycles. The number of aliphatic carboxylic acids is 1. The normalized spacial score (nSPS) is 36.3. The summed E-state index contributed by atoms with van der Waals surface area (Å²) in [5.74, 6) is -0.655. The molecule has 1 aliphatic rings. The molecule has 0 aromatic rings. The van der Waals surface area contributed by atoms with E-state index in [1.54, 1.807) is 0 Å². The van der Waals surface area contributed by atoms with Gasteiger partial charge in [0.2, 0.25) is 0 Å². The molecular weight excluding hydrogens is 154 g/mol. The summed E-state index contributed by atoms with van der Waals surface area (Å²) in [6, 6.07) is 0. The second kappa shape index (κ2) is 3.44. The molecule has 3 nitrogen and oxygen atoms in total. The smallest absolute Gasteiger partial charge is 0.323 e. The number of hydrogen-bond donors (Lipinski definition) is 2. The monoisotopic (exact) mass is 171 g/mol. The van der Waals surface area contributed by atoms with Gasteiger partial charge in [0.15, 0.2) is 0 Å². The Balaban J connectivity index is 2.75. The number of carbonyl (C=O) groups is 1. The van der Waals surface area contributed by atoms with Crippen molar-refractivity contribution in [3.05, 3.63) is 0 Å². The summed E-state index contributed by atoms with van der Waals surface area (Å²) in [4.78, 5) is 10.9. The second-order valence-electron chi connectivity index (χ2n) is 3.70. The molecule has 1 fully saturated rings. The summed E-state index contributed by atoms with van der Waals surface area (Å²) < 4.78 is 0. The molecule has 3 N–H and O–H groups in total. The van der Waals surface area contributed by atoms with E-state index in [0.717, 1.165) is 25.7 Å². The fraction of sp³-hybridized carbons (Fsp3) is 0.889. The van der Waals surface area contributed by atoms with Gasteiger partial charge in [0.1, 0.15) is 5.54 Å². The van der Waals surface area contributed by atoms with Crippen LogP contribution in [0.25, 0.3) is 0 Å². The van der Waals surface area contributed by atoms with Crippen molar-refractivity contribution in [2.24, 2.45) is 11.7 Å². The second-order valence-corrected chi connectivity index (χ2v) is 3.70. The Hall–Kier alpha value is -0.570. The third kappa shape index (κ3) is 1.46. The molecule has 0 amide bonds. The predicted octanol–water partition coefficient (Wildman–Crippen LogP) is 1.37. The van der Waals surface area contributed by atoms with Gasteiger partial charge in [-0.15, -0.1) is 0 Å². The Kier molecular flexibility index (Phi) is 2.73. The summed E-state index contributed by atoms with van der Waals surface area (Å²) in [6.45, 7) is 2.01. The predicted molar refractivity (Wildman–Crippen MR) is 46.8 cm³/mol. The Morgan fingerprint density at radius 2 is 2.33 bits per heavy atom. The molecule has 0 spiro atoms. The Bertz CT molecular complexity index is 181. The Morgan fingerprint density at radius 1 is 1.67 bits per heavy atom. The fourth-order valence-electron chi connectivity index (χ4n) is 2.12. The van der Waals surface area contributed by atoms with Crippen LogP contribution < -0.4 is 5.73 Å². The molecule has 1 aliphatic carbocycles. The number of rotatable bonds is 2. The van der Waals surface area contributed by atoms with Crippen LogP contribution in [0.3, 0.4) is 0 Å². The molecule has 0 aromatic heterocycles. The summed E-state index contributed by atoms with van der Waals surface area (Å²) in [6.07, 6.45) is 4.58.